The molecule has 3 rings (SSSR count). The standard InChI is InChI=1S/C22H24N2O4S/c1-22(2,3)24-20(26)28-13-17-11-15(14-7-5-4-6-8-14)9-10-16(17)12-18-19(25)23-21(27)29-18/h4-11,18H,12-13H2,1-3H3,(H,24,26)(H,23,25,27). The fourth-order valence-corrected chi connectivity index (χ4v) is 3.83. The van der Waals surface area contributed by atoms with E-state index in [-0.39, 0.29) is 17.8 Å². The smallest absolute Gasteiger partial charge is 0.407 e. The first kappa shape index (κ1) is 20.9. The van der Waals surface area contributed by atoms with Gasteiger partial charge >= 0.3 is 6.09 Å². The molecule has 6 nitrogen and oxygen atoms in total. The van der Waals surface area contributed by atoms with E-state index in [2.05, 4.69) is 10.6 Å². The summed E-state index contributed by atoms with van der Waals surface area (Å²) in [5, 5.41) is 4.27. The van der Waals surface area contributed by atoms with Gasteiger partial charge in [-0.1, -0.05) is 54.2 Å². The minimum Gasteiger partial charge on any atom is -0.445 e. The first-order chi connectivity index (χ1) is 13.7. The van der Waals surface area contributed by atoms with E-state index >= 15 is 0 Å². The molecular formula is C22H24N2O4S. The monoisotopic (exact) mass is 412 g/mol. The van der Waals surface area contributed by atoms with Crippen LogP contribution in [0.2, 0.25) is 0 Å². The van der Waals surface area contributed by atoms with Crippen LogP contribution in [0.1, 0.15) is 31.9 Å². The molecule has 2 aromatic rings. The van der Waals surface area contributed by atoms with Gasteiger partial charge in [-0.2, -0.15) is 0 Å². The van der Waals surface area contributed by atoms with Crippen LogP contribution in [0.15, 0.2) is 48.5 Å². The van der Waals surface area contributed by atoms with E-state index in [9.17, 15) is 14.4 Å². The average molecular weight is 413 g/mol. The lowest BCUT2D eigenvalue weighted by atomic mass is 9.97. The summed E-state index contributed by atoms with van der Waals surface area (Å²) in [6.07, 6.45) is -0.117. The molecule has 152 valence electrons. The Morgan fingerprint density at radius 3 is 2.41 bits per heavy atom. The van der Waals surface area contributed by atoms with Gasteiger partial charge in [0.05, 0.1) is 5.25 Å². The number of carbonyl (C=O) groups is 3. The van der Waals surface area contributed by atoms with Crippen LogP contribution in [0.4, 0.5) is 9.59 Å². The summed E-state index contributed by atoms with van der Waals surface area (Å²) in [5.74, 6) is -0.288. The number of carbonyl (C=O) groups excluding carboxylic acids is 3. The minimum absolute atomic E-state index is 0.0743. The van der Waals surface area contributed by atoms with Crippen LogP contribution in [0, 0.1) is 0 Å². The first-order valence-electron chi connectivity index (χ1n) is 9.35. The number of ether oxygens (including phenoxy) is 1. The van der Waals surface area contributed by atoms with E-state index in [4.69, 9.17) is 4.74 Å². The Morgan fingerprint density at radius 2 is 1.79 bits per heavy atom. The van der Waals surface area contributed by atoms with Gasteiger partial charge in [-0.3, -0.25) is 14.9 Å². The van der Waals surface area contributed by atoms with Gasteiger partial charge in [0.15, 0.2) is 0 Å². The van der Waals surface area contributed by atoms with Gasteiger partial charge in [-0.05, 0) is 55.5 Å². The number of thioether (sulfide) groups is 1. The highest BCUT2D eigenvalue weighted by molar-refractivity contribution is 8.15. The molecule has 0 aliphatic carbocycles. The maximum atomic E-state index is 12.1. The Bertz CT molecular complexity index is 922. The van der Waals surface area contributed by atoms with E-state index in [0.717, 1.165) is 34.0 Å². The summed E-state index contributed by atoms with van der Waals surface area (Å²) in [6, 6.07) is 15.8. The van der Waals surface area contributed by atoms with Gasteiger partial charge in [0.25, 0.3) is 5.24 Å². The van der Waals surface area contributed by atoms with Gasteiger partial charge in [0.1, 0.15) is 6.61 Å². The first-order valence-corrected chi connectivity index (χ1v) is 10.2. The van der Waals surface area contributed by atoms with Crippen molar-refractivity contribution in [3.8, 4) is 11.1 Å². The molecule has 3 amide bonds. The van der Waals surface area contributed by atoms with Gasteiger partial charge in [-0.25, -0.2) is 4.79 Å². The zero-order chi connectivity index (χ0) is 21.0. The largest absolute Gasteiger partial charge is 0.445 e. The fraction of sp³-hybridized carbons (Fsp3) is 0.318. The Morgan fingerprint density at radius 1 is 1.07 bits per heavy atom. The number of nitrogens with one attached hydrogen (secondary N) is 2. The van der Waals surface area contributed by atoms with Gasteiger partial charge in [-0.15, -0.1) is 0 Å². The highest BCUT2D eigenvalue weighted by Gasteiger charge is 2.32. The maximum Gasteiger partial charge on any atom is 0.407 e. The van der Waals surface area contributed by atoms with E-state index in [1.807, 2.05) is 69.3 Å². The number of hydrogen-bond donors (Lipinski definition) is 2. The summed E-state index contributed by atoms with van der Waals surface area (Å²) in [6.45, 7) is 5.71. The van der Waals surface area contributed by atoms with Gasteiger partial charge in [0, 0.05) is 5.54 Å². The molecule has 1 atom stereocenters. The minimum atomic E-state index is -0.503. The second kappa shape index (κ2) is 8.69. The molecule has 0 aromatic heterocycles. The highest BCUT2D eigenvalue weighted by atomic mass is 32.2. The van der Waals surface area contributed by atoms with Crippen molar-refractivity contribution in [2.45, 2.75) is 44.6 Å². The van der Waals surface area contributed by atoms with Crippen LogP contribution in [0.3, 0.4) is 0 Å². The SMILES string of the molecule is CC(C)(C)NC(=O)OCc1cc(-c2ccccc2)ccc1CC1SC(=O)NC1=O. The van der Waals surface area contributed by atoms with Crippen molar-refractivity contribution in [2.75, 3.05) is 0 Å². The zero-order valence-electron chi connectivity index (χ0n) is 16.7. The Kier molecular flexibility index (Phi) is 6.27. The van der Waals surface area contributed by atoms with Crippen LogP contribution in [0.25, 0.3) is 11.1 Å². The van der Waals surface area contributed by atoms with Crippen molar-refractivity contribution < 1.29 is 19.1 Å². The summed E-state index contributed by atoms with van der Waals surface area (Å²) in [7, 11) is 0. The van der Waals surface area contributed by atoms with Crippen molar-refractivity contribution in [1.29, 1.82) is 0 Å². The normalized spacial score (nSPS) is 16.4. The molecule has 1 unspecified atom stereocenters. The van der Waals surface area contributed by atoms with E-state index in [1.54, 1.807) is 0 Å². The van der Waals surface area contributed by atoms with Crippen LogP contribution < -0.4 is 10.6 Å². The molecule has 0 saturated carbocycles. The third-order valence-electron chi connectivity index (χ3n) is 4.32. The molecule has 0 radical (unpaired) electrons. The van der Waals surface area contributed by atoms with Crippen molar-refractivity contribution >= 4 is 29.0 Å². The number of amides is 3. The van der Waals surface area contributed by atoms with Gasteiger partial charge < -0.3 is 10.1 Å². The number of alkyl carbamates (subject to hydrolysis) is 1. The summed E-state index contributed by atoms with van der Waals surface area (Å²) >= 11 is 0.990. The predicted molar refractivity (Wildman–Crippen MR) is 114 cm³/mol. The Balaban J connectivity index is 1.83. The van der Waals surface area contributed by atoms with E-state index in [1.165, 1.54) is 0 Å². The third kappa shape index (κ3) is 5.84. The van der Waals surface area contributed by atoms with Crippen molar-refractivity contribution in [2.24, 2.45) is 0 Å². The lowest BCUT2D eigenvalue weighted by molar-refractivity contribution is -0.118. The molecule has 0 bridgehead atoms. The zero-order valence-corrected chi connectivity index (χ0v) is 17.5. The Hall–Kier alpha value is -2.80. The van der Waals surface area contributed by atoms with Crippen molar-refractivity contribution in [3.05, 3.63) is 59.7 Å². The molecule has 1 fully saturated rings. The van der Waals surface area contributed by atoms with E-state index < -0.39 is 16.9 Å². The lowest BCUT2D eigenvalue weighted by Gasteiger charge is -2.20. The molecule has 1 saturated heterocycles. The lowest BCUT2D eigenvalue weighted by Crippen LogP contribution is -2.40. The van der Waals surface area contributed by atoms with Crippen LogP contribution in [0.5, 0.6) is 0 Å². The number of hydrogen-bond acceptors (Lipinski definition) is 5. The van der Waals surface area contributed by atoms with E-state index in [0.29, 0.717) is 6.42 Å². The molecule has 1 aliphatic heterocycles. The molecule has 1 aliphatic rings. The van der Waals surface area contributed by atoms with Gasteiger partial charge in [0.2, 0.25) is 5.91 Å². The van der Waals surface area contributed by atoms with Crippen molar-refractivity contribution in [3.63, 3.8) is 0 Å². The van der Waals surface area contributed by atoms with Crippen LogP contribution in [-0.2, 0) is 22.6 Å². The topological polar surface area (TPSA) is 84.5 Å². The molecule has 29 heavy (non-hydrogen) atoms. The summed E-state index contributed by atoms with van der Waals surface area (Å²) < 4.78 is 5.42. The number of imide groups is 1. The number of rotatable bonds is 5. The second-order valence-corrected chi connectivity index (χ2v) is 9.06. The quantitative estimate of drug-likeness (QED) is 0.766. The molecule has 2 N–H and O–H groups in total. The van der Waals surface area contributed by atoms with Crippen molar-refractivity contribution in [1.82, 2.24) is 10.6 Å². The third-order valence-corrected chi connectivity index (χ3v) is 5.30. The Labute approximate surface area is 174 Å². The number of benzene rings is 2. The molecule has 2 aromatic carbocycles. The molecular weight excluding hydrogens is 388 g/mol. The second-order valence-electron chi connectivity index (χ2n) is 7.89. The molecule has 1 heterocycles. The van der Waals surface area contributed by atoms with Crippen LogP contribution in [-0.4, -0.2) is 28.0 Å². The fourth-order valence-electron chi connectivity index (χ4n) is 2.98. The van der Waals surface area contributed by atoms with Crippen LogP contribution >= 0.6 is 11.8 Å². The maximum absolute atomic E-state index is 12.1. The average Bonchev–Trinajstić information content (AvgIpc) is 2.97. The highest BCUT2D eigenvalue weighted by Crippen LogP contribution is 2.28. The summed E-state index contributed by atoms with van der Waals surface area (Å²) in [4.78, 5) is 35.5. The molecule has 7 heteroatoms. The molecule has 0 spiro atoms. The predicted octanol–water partition coefficient (Wildman–Crippen LogP) is 4.27. The summed E-state index contributed by atoms with van der Waals surface area (Å²) in [5.41, 5.74) is 3.32.